The van der Waals surface area contributed by atoms with Gasteiger partial charge in [0.25, 0.3) is 5.24 Å². The Kier molecular flexibility index (Phi) is 6.11. The Morgan fingerprint density at radius 1 is 1.48 bits per heavy atom. The van der Waals surface area contributed by atoms with Gasteiger partial charge in [0.2, 0.25) is 0 Å². The molecule has 0 spiro atoms. The molecule has 0 aromatic rings. The summed E-state index contributed by atoms with van der Waals surface area (Å²) in [4.78, 5) is 23.9. The molecule has 3 rings (SSSR count). The van der Waals surface area contributed by atoms with Crippen LogP contribution in [0.3, 0.4) is 0 Å². The number of hydrogen-bond donors (Lipinski definition) is 2. The minimum Gasteiger partial charge on any atom is -0.486 e. The van der Waals surface area contributed by atoms with E-state index in [-0.39, 0.29) is 40.5 Å². The second kappa shape index (κ2) is 8.19. The fourth-order valence-electron chi connectivity index (χ4n) is 3.68. The van der Waals surface area contributed by atoms with Crippen LogP contribution in [0.2, 0.25) is 0 Å². The Balaban J connectivity index is 1.47. The van der Waals surface area contributed by atoms with Gasteiger partial charge < -0.3 is 15.2 Å². The molecular formula is C20H26FNO4S. The van der Waals surface area contributed by atoms with E-state index in [9.17, 15) is 19.1 Å². The van der Waals surface area contributed by atoms with Crippen molar-refractivity contribution in [3.8, 4) is 0 Å². The first-order valence-corrected chi connectivity index (χ1v) is 10.2. The first kappa shape index (κ1) is 20.1. The number of ether oxygens (including phenoxy) is 1. The molecule has 3 aliphatic rings. The summed E-state index contributed by atoms with van der Waals surface area (Å²) >= 11 is 1.14. The van der Waals surface area contributed by atoms with Crippen molar-refractivity contribution in [3.05, 3.63) is 35.9 Å². The Bertz CT molecular complexity index is 704. The lowest BCUT2D eigenvalue weighted by Gasteiger charge is -2.36. The van der Waals surface area contributed by atoms with Gasteiger partial charge in [-0.3, -0.25) is 9.59 Å². The summed E-state index contributed by atoms with van der Waals surface area (Å²) in [6, 6.07) is 0. The van der Waals surface area contributed by atoms with Gasteiger partial charge in [0.15, 0.2) is 5.78 Å². The van der Waals surface area contributed by atoms with E-state index in [0.29, 0.717) is 25.0 Å². The number of hydrogen-bond acceptors (Lipinski definition) is 5. The van der Waals surface area contributed by atoms with E-state index in [2.05, 4.69) is 5.32 Å². The summed E-state index contributed by atoms with van der Waals surface area (Å²) in [6.45, 7) is 3.77. The number of carbonyl (C=O) groups excluding carboxylic acids is 2. The highest BCUT2D eigenvalue weighted by Crippen LogP contribution is 2.41. The van der Waals surface area contributed by atoms with Crippen LogP contribution in [-0.2, 0) is 9.53 Å². The van der Waals surface area contributed by atoms with Crippen LogP contribution in [0.5, 0.6) is 0 Å². The lowest BCUT2D eigenvalue weighted by Crippen LogP contribution is -2.38. The van der Waals surface area contributed by atoms with Crippen LogP contribution >= 0.6 is 11.8 Å². The van der Waals surface area contributed by atoms with Gasteiger partial charge in [-0.25, -0.2) is 4.39 Å². The van der Waals surface area contributed by atoms with Crippen molar-refractivity contribution in [2.24, 2.45) is 17.3 Å². The Morgan fingerprint density at radius 3 is 2.85 bits per heavy atom. The molecule has 1 aliphatic heterocycles. The van der Waals surface area contributed by atoms with E-state index in [1.54, 1.807) is 0 Å². The predicted molar refractivity (Wildman–Crippen MR) is 103 cm³/mol. The maximum Gasteiger partial charge on any atom is 0.281 e. The molecule has 148 valence electrons. The van der Waals surface area contributed by atoms with Crippen LogP contribution < -0.4 is 5.32 Å². The zero-order valence-corrected chi connectivity index (χ0v) is 16.4. The quantitative estimate of drug-likeness (QED) is 0.714. The normalized spacial score (nSPS) is 36.1. The third kappa shape index (κ3) is 4.63. The fourth-order valence-corrected chi connectivity index (χ4v) is 4.68. The van der Waals surface area contributed by atoms with Crippen molar-refractivity contribution in [2.45, 2.75) is 51.0 Å². The minimum absolute atomic E-state index is 0.00904. The number of allylic oxidation sites excluding steroid dienone is 5. The highest BCUT2D eigenvalue weighted by Gasteiger charge is 2.40. The standard InChI is InChI=1S/C20H26FNO4S/c1-12-9-14(21)7-8-20(12,2)17(23)11-26-15-5-3-13(4-6-15)10-16-18(24)22-19(25)27-16/h3,5-7,12-13,16,18,24H,4,8-11H2,1-2H3,(H,22,25)/t12-,13?,16?,18?,20?/m1/s1. The third-order valence-corrected chi connectivity index (χ3v) is 6.99. The number of ketones is 1. The highest BCUT2D eigenvalue weighted by molar-refractivity contribution is 8.14. The van der Waals surface area contributed by atoms with E-state index >= 15 is 0 Å². The molecule has 1 heterocycles. The molecule has 1 saturated heterocycles. The fraction of sp³-hybridized carbons (Fsp3) is 0.600. The molecule has 0 radical (unpaired) electrons. The first-order valence-electron chi connectivity index (χ1n) is 9.32. The van der Waals surface area contributed by atoms with Crippen LogP contribution in [-0.4, -0.2) is 34.2 Å². The summed E-state index contributed by atoms with van der Waals surface area (Å²) in [5, 5.41) is 11.9. The maximum atomic E-state index is 13.4. The summed E-state index contributed by atoms with van der Waals surface area (Å²) in [5.41, 5.74) is -0.591. The van der Waals surface area contributed by atoms with Gasteiger partial charge in [0.05, 0.1) is 11.1 Å². The van der Waals surface area contributed by atoms with E-state index < -0.39 is 11.6 Å². The lowest BCUT2D eigenvalue weighted by atomic mass is 9.68. The molecule has 1 amide bonds. The Hall–Kier alpha value is -1.60. The van der Waals surface area contributed by atoms with Gasteiger partial charge in [-0.2, -0.15) is 0 Å². The van der Waals surface area contributed by atoms with Crippen LogP contribution in [0.25, 0.3) is 0 Å². The zero-order valence-electron chi connectivity index (χ0n) is 15.6. The molecular weight excluding hydrogens is 369 g/mol. The summed E-state index contributed by atoms with van der Waals surface area (Å²) in [7, 11) is 0. The molecule has 0 saturated carbocycles. The van der Waals surface area contributed by atoms with E-state index in [0.717, 1.165) is 18.2 Å². The zero-order chi connectivity index (χ0) is 19.6. The monoisotopic (exact) mass is 395 g/mol. The van der Waals surface area contributed by atoms with Crippen LogP contribution in [0.4, 0.5) is 9.18 Å². The van der Waals surface area contributed by atoms with Gasteiger partial charge in [-0.05, 0) is 43.3 Å². The van der Waals surface area contributed by atoms with Gasteiger partial charge in [-0.15, -0.1) is 0 Å². The first-order chi connectivity index (χ1) is 12.8. The summed E-state index contributed by atoms with van der Waals surface area (Å²) in [5.74, 6) is 0.676. The molecule has 27 heavy (non-hydrogen) atoms. The maximum absolute atomic E-state index is 13.4. The van der Waals surface area contributed by atoms with Crippen LogP contribution in [0, 0.1) is 17.3 Å². The van der Waals surface area contributed by atoms with Gasteiger partial charge >= 0.3 is 0 Å². The molecule has 4 unspecified atom stereocenters. The van der Waals surface area contributed by atoms with Gasteiger partial charge in [0, 0.05) is 11.8 Å². The number of amides is 1. The largest absolute Gasteiger partial charge is 0.486 e. The summed E-state index contributed by atoms with van der Waals surface area (Å²) in [6.07, 6.45) is 8.63. The van der Waals surface area contributed by atoms with Crippen molar-refractivity contribution >= 4 is 22.8 Å². The molecule has 2 aliphatic carbocycles. The molecule has 2 N–H and O–H groups in total. The van der Waals surface area contributed by atoms with Gasteiger partial charge in [0.1, 0.15) is 18.6 Å². The molecule has 0 aromatic heterocycles. The number of aliphatic hydroxyl groups excluding tert-OH is 1. The second-order valence-electron chi connectivity index (χ2n) is 7.82. The van der Waals surface area contributed by atoms with E-state index in [4.69, 9.17) is 4.74 Å². The van der Waals surface area contributed by atoms with E-state index in [1.165, 1.54) is 6.08 Å². The van der Waals surface area contributed by atoms with Crippen LogP contribution in [0.1, 0.15) is 39.5 Å². The molecule has 5 atom stereocenters. The number of Topliss-reactive ketones (excluding diaryl/α,β-unsaturated/α-hetero) is 1. The number of thioether (sulfide) groups is 1. The smallest absolute Gasteiger partial charge is 0.281 e. The average Bonchev–Trinajstić information content (AvgIpc) is 2.94. The number of halogens is 1. The number of aliphatic hydroxyl groups is 1. The SMILES string of the molecule is C[C@@H]1CC(F)=CCC1(C)C(=O)COC1=CCC(CC2SC(=O)NC2O)C=C1. The number of nitrogens with one attached hydrogen (secondary N) is 1. The van der Waals surface area contributed by atoms with Gasteiger partial charge in [-0.1, -0.05) is 37.8 Å². The predicted octanol–water partition coefficient (Wildman–Crippen LogP) is 3.86. The molecule has 7 heteroatoms. The molecule has 0 bridgehead atoms. The van der Waals surface area contributed by atoms with Crippen molar-refractivity contribution in [1.82, 2.24) is 5.32 Å². The topological polar surface area (TPSA) is 75.6 Å². The summed E-state index contributed by atoms with van der Waals surface area (Å²) < 4.78 is 19.1. The van der Waals surface area contributed by atoms with Crippen molar-refractivity contribution < 1.29 is 23.8 Å². The second-order valence-corrected chi connectivity index (χ2v) is 9.03. The van der Waals surface area contributed by atoms with Crippen molar-refractivity contribution in [3.63, 3.8) is 0 Å². The van der Waals surface area contributed by atoms with Crippen LogP contribution in [0.15, 0.2) is 35.9 Å². The highest BCUT2D eigenvalue weighted by atomic mass is 32.2. The van der Waals surface area contributed by atoms with Crippen molar-refractivity contribution in [2.75, 3.05) is 6.61 Å². The number of rotatable bonds is 6. The minimum atomic E-state index is -0.799. The molecule has 0 aromatic carbocycles. The Morgan fingerprint density at radius 2 is 2.26 bits per heavy atom. The molecule has 5 nitrogen and oxygen atoms in total. The van der Waals surface area contributed by atoms with Crippen molar-refractivity contribution in [1.29, 1.82) is 0 Å². The third-order valence-electron chi connectivity index (χ3n) is 5.91. The molecule has 1 fully saturated rings. The lowest BCUT2D eigenvalue weighted by molar-refractivity contribution is -0.134. The van der Waals surface area contributed by atoms with E-state index in [1.807, 2.05) is 32.1 Å². The Labute approximate surface area is 163 Å². The number of carbonyl (C=O) groups is 2. The average molecular weight is 395 g/mol.